The van der Waals surface area contributed by atoms with Crippen LogP contribution in [0.1, 0.15) is 17.5 Å². The van der Waals surface area contributed by atoms with Crippen LogP contribution in [0.5, 0.6) is 0 Å². The van der Waals surface area contributed by atoms with Crippen molar-refractivity contribution in [3.8, 4) is 0 Å². The number of anilines is 2. The van der Waals surface area contributed by atoms with Gasteiger partial charge >= 0.3 is 0 Å². The van der Waals surface area contributed by atoms with E-state index in [-0.39, 0.29) is 24.2 Å². The molecule has 0 bridgehead atoms. The van der Waals surface area contributed by atoms with Gasteiger partial charge in [-0.2, -0.15) is 0 Å². The van der Waals surface area contributed by atoms with E-state index in [9.17, 15) is 9.59 Å². The highest BCUT2D eigenvalue weighted by Crippen LogP contribution is 2.28. The van der Waals surface area contributed by atoms with Crippen LogP contribution in [0.2, 0.25) is 5.02 Å². The third kappa shape index (κ3) is 3.44. The van der Waals surface area contributed by atoms with E-state index in [0.717, 1.165) is 16.8 Å². The predicted octanol–water partition coefficient (Wildman–Crippen LogP) is 3.95. The van der Waals surface area contributed by atoms with Crippen molar-refractivity contribution in [3.05, 3.63) is 58.6 Å². The Bertz CT molecular complexity index is 786. The highest BCUT2D eigenvalue weighted by Gasteiger charge is 2.35. The first-order valence-electron chi connectivity index (χ1n) is 7.88. The highest BCUT2D eigenvalue weighted by molar-refractivity contribution is 6.33. The molecular weight excluding hydrogens is 324 g/mol. The predicted molar refractivity (Wildman–Crippen MR) is 96.5 cm³/mol. The van der Waals surface area contributed by atoms with E-state index in [1.54, 1.807) is 17.0 Å². The Hall–Kier alpha value is -2.33. The molecule has 0 aromatic heterocycles. The minimum absolute atomic E-state index is 0.0333. The number of rotatable bonds is 3. The number of amides is 2. The molecule has 0 radical (unpaired) electrons. The summed E-state index contributed by atoms with van der Waals surface area (Å²) in [7, 11) is 0. The number of aryl methyl sites for hydroxylation is 2. The molecule has 0 aliphatic carbocycles. The summed E-state index contributed by atoms with van der Waals surface area (Å²) < 4.78 is 0. The molecule has 4 nitrogen and oxygen atoms in total. The average molecular weight is 343 g/mol. The summed E-state index contributed by atoms with van der Waals surface area (Å²) in [5.41, 5.74) is 3.57. The molecule has 2 aromatic rings. The first-order valence-corrected chi connectivity index (χ1v) is 8.26. The van der Waals surface area contributed by atoms with Gasteiger partial charge in [-0.1, -0.05) is 35.4 Å². The van der Waals surface area contributed by atoms with Gasteiger partial charge in [0, 0.05) is 18.7 Å². The monoisotopic (exact) mass is 342 g/mol. The van der Waals surface area contributed by atoms with Gasteiger partial charge in [-0.15, -0.1) is 0 Å². The van der Waals surface area contributed by atoms with E-state index < -0.39 is 0 Å². The normalized spacial score (nSPS) is 17.2. The van der Waals surface area contributed by atoms with Crippen LogP contribution in [0.25, 0.3) is 0 Å². The number of nitrogens with zero attached hydrogens (tertiary/aromatic N) is 1. The maximum atomic E-state index is 12.5. The Morgan fingerprint density at radius 3 is 2.46 bits per heavy atom. The lowest BCUT2D eigenvalue weighted by Gasteiger charge is -2.17. The Labute approximate surface area is 146 Å². The first-order chi connectivity index (χ1) is 11.4. The SMILES string of the molecule is Cc1ccc(N2C[C@@H](C(=O)Nc3ccc(C)cc3Cl)CC2=O)cc1. The fraction of sp³-hybridized carbons (Fsp3) is 0.263. The quantitative estimate of drug-likeness (QED) is 0.918. The number of hydrogen-bond acceptors (Lipinski definition) is 2. The van der Waals surface area contributed by atoms with Gasteiger partial charge in [0.05, 0.1) is 16.6 Å². The third-order valence-corrected chi connectivity index (χ3v) is 4.54. The van der Waals surface area contributed by atoms with Gasteiger partial charge in [-0.25, -0.2) is 0 Å². The molecule has 0 spiro atoms. The Kier molecular flexibility index (Phi) is 4.58. The zero-order chi connectivity index (χ0) is 17.3. The molecule has 1 saturated heterocycles. The van der Waals surface area contributed by atoms with Crippen LogP contribution in [-0.4, -0.2) is 18.4 Å². The van der Waals surface area contributed by atoms with Crippen molar-refractivity contribution in [2.45, 2.75) is 20.3 Å². The minimum Gasteiger partial charge on any atom is -0.324 e. The smallest absolute Gasteiger partial charge is 0.229 e. The molecule has 3 rings (SSSR count). The average Bonchev–Trinajstić information content (AvgIpc) is 2.93. The van der Waals surface area contributed by atoms with Crippen LogP contribution >= 0.6 is 11.6 Å². The second-order valence-electron chi connectivity index (χ2n) is 6.21. The summed E-state index contributed by atoms with van der Waals surface area (Å²) in [5, 5.41) is 3.33. The zero-order valence-corrected chi connectivity index (χ0v) is 14.4. The van der Waals surface area contributed by atoms with Crippen LogP contribution in [-0.2, 0) is 9.59 Å². The van der Waals surface area contributed by atoms with Crippen molar-refractivity contribution in [2.75, 3.05) is 16.8 Å². The standard InChI is InChI=1S/C19H19ClN2O2/c1-12-3-6-15(7-4-12)22-11-14(10-18(22)23)19(24)21-17-8-5-13(2)9-16(17)20/h3-9,14H,10-11H2,1-2H3,(H,21,24)/t14-/m0/s1. The highest BCUT2D eigenvalue weighted by atomic mass is 35.5. The van der Waals surface area contributed by atoms with Crippen molar-refractivity contribution in [1.82, 2.24) is 0 Å². The van der Waals surface area contributed by atoms with Gasteiger partial charge in [0.15, 0.2) is 0 Å². The lowest BCUT2D eigenvalue weighted by atomic mass is 10.1. The second kappa shape index (κ2) is 6.65. The lowest BCUT2D eigenvalue weighted by molar-refractivity contribution is -0.122. The molecule has 1 atom stereocenters. The maximum absolute atomic E-state index is 12.5. The molecule has 124 valence electrons. The van der Waals surface area contributed by atoms with Crippen molar-refractivity contribution in [1.29, 1.82) is 0 Å². The first kappa shape index (κ1) is 16.5. The van der Waals surface area contributed by atoms with Crippen LogP contribution in [0.3, 0.4) is 0 Å². The maximum Gasteiger partial charge on any atom is 0.229 e. The topological polar surface area (TPSA) is 49.4 Å². The van der Waals surface area contributed by atoms with Gasteiger partial charge in [0.2, 0.25) is 11.8 Å². The number of nitrogens with one attached hydrogen (secondary N) is 1. The largest absolute Gasteiger partial charge is 0.324 e. The van der Waals surface area contributed by atoms with Crippen LogP contribution in [0.15, 0.2) is 42.5 Å². The van der Waals surface area contributed by atoms with E-state index >= 15 is 0 Å². The summed E-state index contributed by atoms with van der Waals surface area (Å²) in [6, 6.07) is 13.2. The van der Waals surface area contributed by atoms with Gasteiger partial charge in [-0.05, 0) is 43.7 Å². The van der Waals surface area contributed by atoms with Gasteiger partial charge in [-0.3, -0.25) is 9.59 Å². The van der Waals surface area contributed by atoms with Crippen molar-refractivity contribution in [3.63, 3.8) is 0 Å². The number of halogens is 1. The Balaban J connectivity index is 1.70. The van der Waals surface area contributed by atoms with Crippen molar-refractivity contribution >= 4 is 34.8 Å². The molecule has 0 unspecified atom stereocenters. The fourth-order valence-corrected chi connectivity index (χ4v) is 3.10. The van der Waals surface area contributed by atoms with E-state index in [4.69, 9.17) is 11.6 Å². The number of hydrogen-bond donors (Lipinski definition) is 1. The van der Waals surface area contributed by atoms with Gasteiger partial charge in [0.1, 0.15) is 0 Å². The fourth-order valence-electron chi connectivity index (χ4n) is 2.81. The molecule has 1 aliphatic rings. The number of benzene rings is 2. The van der Waals surface area contributed by atoms with Crippen molar-refractivity contribution < 1.29 is 9.59 Å². The minimum atomic E-state index is -0.379. The van der Waals surface area contributed by atoms with Crippen LogP contribution < -0.4 is 10.2 Å². The summed E-state index contributed by atoms with van der Waals surface area (Å²) in [6.45, 7) is 4.32. The van der Waals surface area contributed by atoms with E-state index in [0.29, 0.717) is 17.3 Å². The molecule has 0 saturated carbocycles. The molecule has 2 aromatic carbocycles. The summed E-state index contributed by atoms with van der Waals surface area (Å²) in [4.78, 5) is 26.4. The summed E-state index contributed by atoms with van der Waals surface area (Å²) >= 11 is 6.16. The van der Waals surface area contributed by atoms with Crippen LogP contribution in [0.4, 0.5) is 11.4 Å². The lowest BCUT2D eigenvalue weighted by Crippen LogP contribution is -2.28. The summed E-state index contributed by atoms with van der Waals surface area (Å²) in [5.74, 6) is -0.589. The van der Waals surface area contributed by atoms with Gasteiger partial charge < -0.3 is 10.2 Å². The molecule has 1 heterocycles. The molecule has 5 heteroatoms. The van der Waals surface area contributed by atoms with E-state index in [1.807, 2.05) is 44.2 Å². The molecule has 24 heavy (non-hydrogen) atoms. The third-order valence-electron chi connectivity index (χ3n) is 4.22. The van der Waals surface area contributed by atoms with E-state index in [1.165, 1.54) is 0 Å². The van der Waals surface area contributed by atoms with Gasteiger partial charge in [0.25, 0.3) is 0 Å². The number of carbonyl (C=O) groups excluding carboxylic acids is 2. The molecule has 1 aliphatic heterocycles. The summed E-state index contributed by atoms with van der Waals surface area (Å²) in [6.07, 6.45) is 0.211. The van der Waals surface area contributed by atoms with Crippen LogP contribution in [0, 0.1) is 19.8 Å². The number of carbonyl (C=O) groups is 2. The Morgan fingerprint density at radius 1 is 1.12 bits per heavy atom. The van der Waals surface area contributed by atoms with E-state index in [2.05, 4.69) is 5.32 Å². The zero-order valence-electron chi connectivity index (χ0n) is 13.7. The Morgan fingerprint density at radius 2 is 1.79 bits per heavy atom. The molecular formula is C19H19ClN2O2. The second-order valence-corrected chi connectivity index (χ2v) is 6.62. The molecule has 1 fully saturated rings. The molecule has 1 N–H and O–H groups in total. The molecule has 2 amide bonds. The van der Waals surface area contributed by atoms with Crippen molar-refractivity contribution in [2.24, 2.45) is 5.92 Å².